The van der Waals surface area contributed by atoms with Crippen molar-refractivity contribution in [3.63, 3.8) is 0 Å². The summed E-state index contributed by atoms with van der Waals surface area (Å²) in [4.78, 5) is 32.6. The number of H-pyrrole nitrogens is 1. The SMILES string of the molecule is Cc1cc(=O)c(C(=O)N2C[C@@H]3CC[C@H](C2)N(Cc2ccccc2)C3)c[nH]1. The summed E-state index contributed by atoms with van der Waals surface area (Å²) in [5.74, 6) is 0.343. The molecule has 3 aliphatic heterocycles. The number of fused-ring (bicyclic) bond motifs is 4. The van der Waals surface area contributed by atoms with Gasteiger partial charge in [-0.05, 0) is 31.2 Å². The quantitative estimate of drug-likeness (QED) is 0.924. The third kappa shape index (κ3) is 3.44. The fraction of sp³-hybridized carbons (Fsp3) is 0.429. The van der Waals surface area contributed by atoms with E-state index in [2.05, 4.69) is 34.1 Å². The zero-order valence-electron chi connectivity index (χ0n) is 15.1. The summed E-state index contributed by atoms with van der Waals surface area (Å²) in [6.45, 7) is 5.22. The van der Waals surface area contributed by atoms with Crippen molar-refractivity contribution in [2.24, 2.45) is 5.92 Å². The van der Waals surface area contributed by atoms with Gasteiger partial charge in [0.1, 0.15) is 5.56 Å². The molecule has 5 heteroatoms. The van der Waals surface area contributed by atoms with E-state index in [0.29, 0.717) is 18.5 Å². The molecule has 0 radical (unpaired) electrons. The first-order chi connectivity index (χ1) is 12.6. The summed E-state index contributed by atoms with van der Waals surface area (Å²) in [5, 5.41) is 0. The normalized spacial score (nSPS) is 23.0. The summed E-state index contributed by atoms with van der Waals surface area (Å²) in [6.07, 6.45) is 3.84. The van der Waals surface area contributed by atoms with E-state index in [4.69, 9.17) is 0 Å². The highest BCUT2D eigenvalue weighted by Crippen LogP contribution is 2.29. The van der Waals surface area contributed by atoms with Gasteiger partial charge in [0.2, 0.25) is 0 Å². The molecule has 5 nitrogen and oxygen atoms in total. The average Bonchev–Trinajstić information content (AvgIpc) is 2.94. The van der Waals surface area contributed by atoms with Gasteiger partial charge in [0, 0.05) is 50.2 Å². The van der Waals surface area contributed by atoms with Crippen LogP contribution in [0, 0.1) is 12.8 Å². The standard InChI is InChI=1S/C21H25N3O2/c1-15-9-20(25)19(10-22-15)21(26)24-13-17-7-8-18(14-24)23(12-17)11-16-5-3-2-4-6-16/h2-6,9-10,17-18H,7-8,11-14H2,1H3,(H,22,25)/t17-,18-/m1/s1. The predicted octanol–water partition coefficient (Wildman–Crippen LogP) is 2.42. The van der Waals surface area contributed by atoms with Crippen LogP contribution in [-0.4, -0.2) is 46.4 Å². The van der Waals surface area contributed by atoms with Crippen LogP contribution >= 0.6 is 0 Å². The Hall–Kier alpha value is -2.40. The number of piperidine rings is 1. The van der Waals surface area contributed by atoms with E-state index >= 15 is 0 Å². The van der Waals surface area contributed by atoms with Crippen molar-refractivity contribution in [1.29, 1.82) is 0 Å². The Morgan fingerprint density at radius 1 is 1.15 bits per heavy atom. The minimum atomic E-state index is -0.191. The molecule has 1 aromatic heterocycles. The zero-order valence-corrected chi connectivity index (χ0v) is 15.1. The fourth-order valence-corrected chi connectivity index (χ4v) is 4.27. The first-order valence-electron chi connectivity index (χ1n) is 9.37. The molecule has 4 heterocycles. The highest BCUT2D eigenvalue weighted by Gasteiger charge is 2.36. The number of hydrogen-bond donors (Lipinski definition) is 1. The molecule has 3 saturated heterocycles. The van der Waals surface area contributed by atoms with Crippen LogP contribution in [0.2, 0.25) is 0 Å². The summed E-state index contributed by atoms with van der Waals surface area (Å²) < 4.78 is 0. The van der Waals surface area contributed by atoms with Gasteiger partial charge in [-0.2, -0.15) is 0 Å². The lowest BCUT2D eigenvalue weighted by Crippen LogP contribution is -2.44. The molecule has 1 aromatic carbocycles. The Balaban J connectivity index is 1.52. The smallest absolute Gasteiger partial charge is 0.259 e. The maximum Gasteiger partial charge on any atom is 0.259 e. The van der Waals surface area contributed by atoms with Crippen LogP contribution in [0.4, 0.5) is 0 Å². The highest BCUT2D eigenvalue weighted by atomic mass is 16.2. The van der Waals surface area contributed by atoms with Gasteiger partial charge in [-0.3, -0.25) is 14.5 Å². The number of rotatable bonds is 3. The molecule has 0 spiro atoms. The van der Waals surface area contributed by atoms with E-state index in [1.54, 1.807) is 6.20 Å². The monoisotopic (exact) mass is 351 g/mol. The van der Waals surface area contributed by atoms with Gasteiger partial charge in [0.05, 0.1) is 0 Å². The maximum atomic E-state index is 13.0. The van der Waals surface area contributed by atoms with Gasteiger partial charge in [-0.25, -0.2) is 0 Å². The number of aryl methyl sites for hydroxylation is 1. The predicted molar refractivity (Wildman–Crippen MR) is 101 cm³/mol. The van der Waals surface area contributed by atoms with Gasteiger partial charge in [0.15, 0.2) is 5.43 Å². The number of aromatic amines is 1. The van der Waals surface area contributed by atoms with Crippen LogP contribution in [0.5, 0.6) is 0 Å². The second kappa shape index (κ2) is 7.08. The van der Waals surface area contributed by atoms with Crippen molar-refractivity contribution >= 4 is 5.91 Å². The van der Waals surface area contributed by atoms with Crippen LogP contribution < -0.4 is 5.43 Å². The van der Waals surface area contributed by atoms with E-state index in [1.165, 1.54) is 11.6 Å². The van der Waals surface area contributed by atoms with Crippen molar-refractivity contribution in [2.45, 2.75) is 32.4 Å². The third-order valence-corrected chi connectivity index (χ3v) is 5.63. The van der Waals surface area contributed by atoms with Crippen LogP contribution in [0.3, 0.4) is 0 Å². The summed E-state index contributed by atoms with van der Waals surface area (Å²) in [5.41, 5.74) is 2.15. The number of carbonyl (C=O) groups is 1. The number of nitrogens with one attached hydrogen (secondary N) is 1. The number of carbonyl (C=O) groups excluding carboxylic acids is 1. The Bertz CT molecular complexity index is 846. The van der Waals surface area contributed by atoms with E-state index < -0.39 is 0 Å². The van der Waals surface area contributed by atoms with Gasteiger partial charge < -0.3 is 9.88 Å². The third-order valence-electron chi connectivity index (χ3n) is 5.63. The second-order valence-electron chi connectivity index (χ2n) is 7.62. The molecule has 3 fully saturated rings. The van der Waals surface area contributed by atoms with Gasteiger partial charge in [0.25, 0.3) is 5.91 Å². The Morgan fingerprint density at radius 3 is 2.73 bits per heavy atom. The molecule has 136 valence electrons. The maximum absolute atomic E-state index is 13.0. The van der Waals surface area contributed by atoms with Crippen molar-refractivity contribution < 1.29 is 4.79 Å². The van der Waals surface area contributed by atoms with Crippen molar-refractivity contribution in [2.75, 3.05) is 19.6 Å². The van der Waals surface area contributed by atoms with E-state index in [9.17, 15) is 9.59 Å². The van der Waals surface area contributed by atoms with Crippen LogP contribution in [0.25, 0.3) is 0 Å². The van der Waals surface area contributed by atoms with Gasteiger partial charge in [-0.15, -0.1) is 0 Å². The average molecular weight is 351 g/mol. The molecule has 5 rings (SSSR count). The Morgan fingerprint density at radius 2 is 1.96 bits per heavy atom. The minimum absolute atomic E-state index is 0.135. The number of aromatic nitrogens is 1. The van der Waals surface area contributed by atoms with Crippen molar-refractivity contribution in [3.05, 3.63) is 69.6 Å². The molecule has 3 aliphatic rings. The molecule has 2 aromatic rings. The topological polar surface area (TPSA) is 56.4 Å². The Kier molecular flexibility index (Phi) is 4.64. The van der Waals surface area contributed by atoms with Crippen molar-refractivity contribution in [3.8, 4) is 0 Å². The number of benzene rings is 1. The van der Waals surface area contributed by atoms with E-state index in [-0.39, 0.29) is 16.9 Å². The largest absolute Gasteiger partial charge is 0.364 e. The fourth-order valence-electron chi connectivity index (χ4n) is 4.27. The van der Waals surface area contributed by atoms with Crippen LogP contribution in [-0.2, 0) is 6.54 Å². The zero-order chi connectivity index (χ0) is 18.1. The second-order valence-corrected chi connectivity index (χ2v) is 7.62. The minimum Gasteiger partial charge on any atom is -0.364 e. The van der Waals surface area contributed by atoms with Gasteiger partial charge >= 0.3 is 0 Å². The van der Waals surface area contributed by atoms with Crippen LogP contribution in [0.15, 0.2) is 47.4 Å². The molecule has 1 N–H and O–H groups in total. The molecule has 0 saturated carbocycles. The lowest BCUT2D eigenvalue weighted by Gasteiger charge is -2.36. The number of nitrogens with zero attached hydrogens (tertiary/aromatic N) is 2. The van der Waals surface area contributed by atoms with E-state index in [0.717, 1.165) is 38.2 Å². The summed E-state index contributed by atoms with van der Waals surface area (Å²) >= 11 is 0. The van der Waals surface area contributed by atoms with Crippen LogP contribution in [0.1, 0.15) is 34.5 Å². The lowest BCUT2D eigenvalue weighted by molar-refractivity contribution is 0.0734. The summed E-state index contributed by atoms with van der Waals surface area (Å²) in [7, 11) is 0. The molecule has 0 unspecified atom stereocenters. The Labute approximate surface area is 153 Å². The molecule has 2 atom stereocenters. The number of amides is 1. The first-order valence-corrected chi connectivity index (χ1v) is 9.37. The summed E-state index contributed by atoms with van der Waals surface area (Å²) in [6, 6.07) is 12.4. The highest BCUT2D eigenvalue weighted by molar-refractivity contribution is 5.93. The van der Waals surface area contributed by atoms with Crippen molar-refractivity contribution in [1.82, 2.24) is 14.8 Å². The molecule has 2 bridgehead atoms. The molecular formula is C21H25N3O2. The first kappa shape index (κ1) is 17.0. The molecule has 26 heavy (non-hydrogen) atoms. The lowest BCUT2D eigenvalue weighted by atomic mass is 9.94. The molecule has 1 amide bonds. The molecule has 0 aliphatic carbocycles. The molecular weight excluding hydrogens is 326 g/mol. The number of hydrogen-bond acceptors (Lipinski definition) is 3. The van der Waals surface area contributed by atoms with E-state index in [1.807, 2.05) is 17.9 Å². The number of pyridine rings is 1. The van der Waals surface area contributed by atoms with Gasteiger partial charge in [-0.1, -0.05) is 30.3 Å².